The van der Waals surface area contributed by atoms with Crippen molar-refractivity contribution < 1.29 is 4.74 Å². The van der Waals surface area contributed by atoms with Crippen LogP contribution in [0.5, 0.6) is 5.75 Å². The van der Waals surface area contributed by atoms with Gasteiger partial charge < -0.3 is 15.0 Å². The number of fused-ring (bicyclic) bond motifs is 1. The fraction of sp³-hybridized carbons (Fsp3) is 0.579. The number of ether oxygens (including phenoxy) is 1. The van der Waals surface area contributed by atoms with Crippen molar-refractivity contribution >= 4 is 16.9 Å². The van der Waals surface area contributed by atoms with E-state index in [2.05, 4.69) is 24.1 Å². The summed E-state index contributed by atoms with van der Waals surface area (Å²) < 4.78 is 5.30. The number of rotatable bonds is 5. The third-order valence-electron chi connectivity index (χ3n) is 4.99. The molecule has 2 aromatic rings. The molecule has 0 spiro atoms. The number of hydrogen-bond acceptors (Lipinski definition) is 5. The van der Waals surface area contributed by atoms with Crippen LogP contribution in [-0.2, 0) is 0 Å². The zero-order valence-electron chi connectivity index (χ0n) is 15.2. The molecule has 3 rings (SSSR count). The predicted octanol–water partition coefficient (Wildman–Crippen LogP) is 3.30. The minimum absolute atomic E-state index is 0.593. The van der Waals surface area contributed by atoms with E-state index < -0.39 is 0 Å². The van der Waals surface area contributed by atoms with Gasteiger partial charge in [-0.15, -0.1) is 0 Å². The first kappa shape index (κ1) is 17.0. The second-order valence-corrected chi connectivity index (χ2v) is 6.73. The number of nitrogens with one attached hydrogen (secondary N) is 1. The monoisotopic (exact) mass is 328 g/mol. The molecule has 1 aromatic carbocycles. The normalized spacial score (nSPS) is 17.2. The Morgan fingerprint density at radius 1 is 1.29 bits per heavy atom. The van der Waals surface area contributed by atoms with Gasteiger partial charge in [0.15, 0.2) is 0 Å². The largest absolute Gasteiger partial charge is 0.497 e. The molecule has 5 nitrogen and oxygen atoms in total. The van der Waals surface area contributed by atoms with Crippen molar-refractivity contribution in [3.63, 3.8) is 0 Å². The lowest BCUT2D eigenvalue weighted by Crippen LogP contribution is -2.45. The van der Waals surface area contributed by atoms with Gasteiger partial charge in [-0.25, -0.2) is 9.97 Å². The lowest BCUT2D eigenvalue weighted by molar-refractivity contribution is 0.370. The number of hydrogen-bond donors (Lipinski definition) is 1. The zero-order chi connectivity index (χ0) is 17.1. The van der Waals surface area contributed by atoms with Crippen LogP contribution in [0.15, 0.2) is 18.2 Å². The minimum Gasteiger partial charge on any atom is -0.497 e. The first-order chi connectivity index (χ1) is 11.6. The topological polar surface area (TPSA) is 50.3 Å². The second-order valence-electron chi connectivity index (χ2n) is 6.73. The Labute approximate surface area is 144 Å². The molecule has 1 saturated heterocycles. The van der Waals surface area contributed by atoms with Crippen LogP contribution < -0.4 is 15.0 Å². The Balaban J connectivity index is 1.74. The molecular weight excluding hydrogens is 300 g/mol. The van der Waals surface area contributed by atoms with Crippen molar-refractivity contribution in [2.75, 3.05) is 25.1 Å². The van der Waals surface area contributed by atoms with Crippen LogP contribution in [0, 0.1) is 6.92 Å². The van der Waals surface area contributed by atoms with Gasteiger partial charge in [0.05, 0.1) is 18.3 Å². The van der Waals surface area contributed by atoms with E-state index in [4.69, 9.17) is 14.7 Å². The number of nitrogens with zero attached hydrogens (tertiary/aromatic N) is 3. The molecule has 1 aliphatic rings. The van der Waals surface area contributed by atoms with E-state index in [1.54, 1.807) is 7.11 Å². The molecule has 5 heteroatoms. The Morgan fingerprint density at radius 3 is 2.71 bits per heavy atom. The molecule has 130 valence electrons. The molecule has 1 aromatic heterocycles. The molecule has 0 amide bonds. The van der Waals surface area contributed by atoms with Crippen molar-refractivity contribution in [1.82, 2.24) is 15.3 Å². The van der Waals surface area contributed by atoms with Crippen LogP contribution in [-0.4, -0.2) is 42.3 Å². The van der Waals surface area contributed by atoms with Gasteiger partial charge in [-0.1, -0.05) is 6.92 Å². The highest BCUT2D eigenvalue weighted by Gasteiger charge is 2.22. The van der Waals surface area contributed by atoms with Gasteiger partial charge in [0.2, 0.25) is 5.95 Å². The predicted molar refractivity (Wildman–Crippen MR) is 99.0 cm³/mol. The molecule has 1 atom stereocenters. The highest BCUT2D eigenvalue weighted by atomic mass is 16.5. The maximum atomic E-state index is 5.30. The van der Waals surface area contributed by atoms with Crippen LogP contribution in [0.25, 0.3) is 10.9 Å². The van der Waals surface area contributed by atoms with E-state index in [-0.39, 0.29) is 0 Å². The summed E-state index contributed by atoms with van der Waals surface area (Å²) in [5.74, 6) is 1.70. The number of methoxy groups -OCH3 is 1. The van der Waals surface area contributed by atoms with Crippen molar-refractivity contribution in [2.24, 2.45) is 0 Å². The van der Waals surface area contributed by atoms with E-state index in [1.807, 2.05) is 25.1 Å². The standard InChI is InChI=1S/C19H28N4O/c1-5-13(2)20-15-8-10-23(11-9-15)19-21-14(3)17-12-16(24-4)6-7-18(17)22-19/h6-7,12-13,15,20H,5,8-11H2,1-4H3. The molecule has 0 aliphatic carbocycles. The second kappa shape index (κ2) is 7.34. The van der Waals surface area contributed by atoms with E-state index in [9.17, 15) is 0 Å². The van der Waals surface area contributed by atoms with E-state index in [0.29, 0.717) is 12.1 Å². The van der Waals surface area contributed by atoms with Gasteiger partial charge in [-0.05, 0) is 51.3 Å². The number of piperidine rings is 1. The Bertz CT molecular complexity index is 695. The highest BCUT2D eigenvalue weighted by Crippen LogP contribution is 2.25. The summed E-state index contributed by atoms with van der Waals surface area (Å²) in [4.78, 5) is 11.8. The summed E-state index contributed by atoms with van der Waals surface area (Å²) in [6.07, 6.45) is 3.47. The van der Waals surface area contributed by atoms with Crippen molar-refractivity contribution in [3.8, 4) is 5.75 Å². The van der Waals surface area contributed by atoms with Crippen molar-refractivity contribution in [2.45, 2.75) is 52.1 Å². The first-order valence-electron chi connectivity index (χ1n) is 8.94. The van der Waals surface area contributed by atoms with E-state index in [0.717, 1.165) is 54.2 Å². The van der Waals surface area contributed by atoms with Crippen LogP contribution >= 0.6 is 0 Å². The van der Waals surface area contributed by atoms with Crippen LogP contribution in [0.3, 0.4) is 0 Å². The van der Waals surface area contributed by atoms with E-state index >= 15 is 0 Å². The van der Waals surface area contributed by atoms with Crippen molar-refractivity contribution in [1.29, 1.82) is 0 Å². The molecule has 0 saturated carbocycles. The first-order valence-corrected chi connectivity index (χ1v) is 8.94. The quantitative estimate of drug-likeness (QED) is 0.912. The molecule has 0 bridgehead atoms. The average molecular weight is 328 g/mol. The Kier molecular flexibility index (Phi) is 5.19. The molecule has 1 aliphatic heterocycles. The van der Waals surface area contributed by atoms with E-state index in [1.165, 1.54) is 6.42 Å². The maximum absolute atomic E-state index is 5.30. The SMILES string of the molecule is CCC(C)NC1CCN(c2nc(C)c3cc(OC)ccc3n2)CC1. The Morgan fingerprint density at radius 2 is 2.04 bits per heavy atom. The number of benzene rings is 1. The zero-order valence-corrected chi connectivity index (χ0v) is 15.2. The third-order valence-corrected chi connectivity index (χ3v) is 4.99. The lowest BCUT2D eigenvalue weighted by atomic mass is 10.0. The maximum Gasteiger partial charge on any atom is 0.226 e. The van der Waals surface area contributed by atoms with Gasteiger partial charge in [0.1, 0.15) is 5.75 Å². The average Bonchev–Trinajstić information content (AvgIpc) is 2.62. The van der Waals surface area contributed by atoms with Gasteiger partial charge in [-0.3, -0.25) is 0 Å². The molecule has 0 radical (unpaired) electrons. The molecule has 24 heavy (non-hydrogen) atoms. The van der Waals surface area contributed by atoms with Crippen molar-refractivity contribution in [3.05, 3.63) is 23.9 Å². The van der Waals surface area contributed by atoms with Crippen LogP contribution in [0.1, 0.15) is 38.8 Å². The fourth-order valence-corrected chi connectivity index (χ4v) is 3.28. The molecule has 1 unspecified atom stereocenters. The summed E-state index contributed by atoms with van der Waals surface area (Å²) >= 11 is 0. The summed E-state index contributed by atoms with van der Waals surface area (Å²) in [5, 5.41) is 4.77. The summed E-state index contributed by atoms with van der Waals surface area (Å²) in [7, 11) is 1.68. The molecule has 1 N–H and O–H groups in total. The highest BCUT2D eigenvalue weighted by molar-refractivity contribution is 5.83. The Hall–Kier alpha value is -1.88. The smallest absolute Gasteiger partial charge is 0.226 e. The molecular formula is C19H28N4O. The summed E-state index contributed by atoms with van der Waals surface area (Å²) in [6, 6.07) is 7.19. The fourth-order valence-electron chi connectivity index (χ4n) is 3.28. The summed E-state index contributed by atoms with van der Waals surface area (Å²) in [5.41, 5.74) is 1.99. The number of aromatic nitrogens is 2. The molecule has 2 heterocycles. The molecule has 1 fully saturated rings. The van der Waals surface area contributed by atoms with Crippen LogP contribution in [0.4, 0.5) is 5.95 Å². The van der Waals surface area contributed by atoms with Gasteiger partial charge in [-0.2, -0.15) is 0 Å². The number of aryl methyl sites for hydroxylation is 1. The minimum atomic E-state index is 0.593. The lowest BCUT2D eigenvalue weighted by Gasteiger charge is -2.34. The van der Waals surface area contributed by atoms with Gasteiger partial charge in [0, 0.05) is 30.6 Å². The van der Waals surface area contributed by atoms with Gasteiger partial charge >= 0.3 is 0 Å². The van der Waals surface area contributed by atoms with Crippen LogP contribution in [0.2, 0.25) is 0 Å². The van der Waals surface area contributed by atoms with Gasteiger partial charge in [0.25, 0.3) is 0 Å². The number of anilines is 1. The third kappa shape index (κ3) is 3.61. The summed E-state index contributed by atoms with van der Waals surface area (Å²) in [6.45, 7) is 8.55.